The van der Waals surface area contributed by atoms with Gasteiger partial charge in [-0.25, -0.2) is 8.78 Å². The number of rotatable bonds is 30. The van der Waals surface area contributed by atoms with Gasteiger partial charge in [0.05, 0.1) is 37.5 Å². The highest BCUT2D eigenvalue weighted by Gasteiger charge is 2.43. The second-order valence-corrected chi connectivity index (χ2v) is 37.1. The van der Waals surface area contributed by atoms with Crippen LogP contribution in [-0.4, -0.2) is 217 Å². The fourth-order valence-electron chi connectivity index (χ4n) is 19.6. The zero-order valence-electron chi connectivity index (χ0n) is 76.1. The molecule has 0 radical (unpaired) electrons. The Balaban J connectivity index is 0.000000133. The van der Waals surface area contributed by atoms with E-state index < -0.39 is 35.2 Å². The fourth-order valence-corrected chi connectivity index (χ4v) is 19.6. The highest BCUT2D eigenvalue weighted by Crippen LogP contribution is 2.45. The van der Waals surface area contributed by atoms with Crippen LogP contribution >= 0.6 is 0 Å². The lowest BCUT2D eigenvalue weighted by molar-refractivity contribution is -0.144. The number of nitrogens with zero attached hydrogens (tertiary/aromatic N) is 8. The first-order valence-electron chi connectivity index (χ1n) is 46.8. The van der Waals surface area contributed by atoms with Gasteiger partial charge >= 0.3 is 0 Å². The molecule has 0 aromatic heterocycles. The molecule has 8 aliphatic heterocycles. The third kappa shape index (κ3) is 23.3. The van der Waals surface area contributed by atoms with Crippen LogP contribution in [0.4, 0.5) is 28.9 Å². The first-order valence-corrected chi connectivity index (χ1v) is 46.8. The van der Waals surface area contributed by atoms with Crippen molar-refractivity contribution in [2.24, 2.45) is 23.7 Å². The lowest BCUT2D eigenvalue weighted by Crippen LogP contribution is -2.49. The third-order valence-corrected chi connectivity index (χ3v) is 26.9. The highest BCUT2D eigenvalue weighted by molar-refractivity contribution is 5.86. The number of hydrogen-bond donors (Lipinski definition) is 4. The molecule has 0 saturated carbocycles. The number of hydrogen-bond acceptors (Lipinski definition) is 16. The SMILES string of the molecule is CCC1CN(CCOc2ccc([C@@H]3c4ccc(O)cc4CCN3C(=O)C(C)(C)F)cc2)C1.CCC1CN(CCOc2ccc([C@H]3c4ccc(O)cc4CCN3C(=O)C(C)(C)F)cc2)C1.Oc1ccc2c(c1)CCN(c1ccccc1)C2c1ccc(OCCN2CC(CCCF)C2)cc1.Oc1ccc2c(c1)CCN(c1ccccc1)C2c1ccc(OCCN2CC(CF)C2)cc1. The molecule has 4 atom stereocenters. The van der Waals surface area contributed by atoms with Crippen LogP contribution in [0, 0.1) is 23.7 Å². The Morgan fingerprint density at radius 1 is 0.354 bits per heavy atom. The summed E-state index contributed by atoms with van der Waals surface area (Å²) >= 11 is 0. The quantitative estimate of drug-likeness (QED) is 0.0312. The maximum absolute atomic E-state index is 14.6. The van der Waals surface area contributed by atoms with E-state index in [0.29, 0.717) is 76.2 Å². The molecule has 10 aromatic rings. The Morgan fingerprint density at radius 3 is 0.915 bits per heavy atom. The lowest BCUT2D eigenvalue weighted by Gasteiger charge is -2.40. The van der Waals surface area contributed by atoms with E-state index in [1.807, 2.05) is 103 Å². The summed E-state index contributed by atoms with van der Waals surface area (Å²) in [5.74, 6) is 5.81. The molecule has 2 amide bonds. The number of phenolic OH excluding ortho intramolecular Hbond substituents is 4. The average molecular weight is 1770 g/mol. The molecule has 8 heterocycles. The van der Waals surface area contributed by atoms with E-state index in [0.717, 1.165) is 179 Å². The summed E-state index contributed by atoms with van der Waals surface area (Å²) in [5, 5.41) is 39.8. The number of carbonyl (C=O) groups excluding carboxylic acids is 2. The summed E-state index contributed by atoms with van der Waals surface area (Å²) in [4.78, 5) is 43.3. The van der Waals surface area contributed by atoms with Crippen LogP contribution in [0.2, 0.25) is 0 Å². The van der Waals surface area contributed by atoms with Crippen LogP contribution in [0.5, 0.6) is 46.0 Å². The summed E-state index contributed by atoms with van der Waals surface area (Å²) in [7, 11) is 0. The number of carbonyl (C=O) groups is 2. The molecule has 2 unspecified atom stereocenters. The number of aromatic hydroxyl groups is 4. The number of anilines is 2. The number of fused-ring (bicyclic) bond motifs is 4. The van der Waals surface area contributed by atoms with E-state index in [9.17, 15) is 47.6 Å². The van der Waals surface area contributed by atoms with Gasteiger partial charge in [-0.2, -0.15) is 0 Å². The molecule has 18 rings (SSSR count). The topological polar surface area (TPSA) is 178 Å². The van der Waals surface area contributed by atoms with Gasteiger partial charge in [0.15, 0.2) is 11.3 Å². The number of benzene rings is 10. The number of ether oxygens (including phenoxy) is 4. The molecule has 4 saturated heterocycles. The molecule has 0 aliphatic carbocycles. The van der Waals surface area contributed by atoms with E-state index in [4.69, 9.17) is 18.9 Å². The number of phenols is 4. The highest BCUT2D eigenvalue weighted by atomic mass is 19.1. The maximum atomic E-state index is 14.6. The first kappa shape index (κ1) is 93.4. The van der Waals surface area contributed by atoms with E-state index >= 15 is 0 Å². The molecule has 22 heteroatoms. The van der Waals surface area contributed by atoms with Crippen LogP contribution in [-0.2, 0) is 35.3 Å². The van der Waals surface area contributed by atoms with Gasteiger partial charge in [0.2, 0.25) is 0 Å². The second kappa shape index (κ2) is 43.2. The minimum absolute atomic E-state index is 0.0783. The van der Waals surface area contributed by atoms with Crippen molar-refractivity contribution in [1.82, 2.24) is 29.4 Å². The zero-order chi connectivity index (χ0) is 91.0. The summed E-state index contributed by atoms with van der Waals surface area (Å²) in [5.41, 5.74) is 11.4. The van der Waals surface area contributed by atoms with Crippen LogP contribution in [0.3, 0.4) is 0 Å². The maximum Gasteiger partial charge on any atom is 0.260 e. The van der Waals surface area contributed by atoms with Gasteiger partial charge in [-0.3, -0.25) is 38.0 Å². The fraction of sp³-hybridized carbons (Fsp3) is 0.426. The molecule has 8 aliphatic rings. The number of likely N-dealkylation sites (tertiary alicyclic amines) is 4. The van der Waals surface area contributed by atoms with Crippen LogP contribution in [0.15, 0.2) is 231 Å². The van der Waals surface area contributed by atoms with Crippen molar-refractivity contribution in [2.45, 2.75) is 128 Å². The van der Waals surface area contributed by atoms with Crippen molar-refractivity contribution in [2.75, 3.05) is 154 Å². The Bertz CT molecular complexity index is 5160. The van der Waals surface area contributed by atoms with Gasteiger partial charge < -0.3 is 59.0 Å². The van der Waals surface area contributed by atoms with E-state index in [2.05, 4.69) is 134 Å². The largest absolute Gasteiger partial charge is 0.508 e. The van der Waals surface area contributed by atoms with Gasteiger partial charge in [0.1, 0.15) is 72.4 Å². The van der Waals surface area contributed by atoms with Crippen LogP contribution in [0.1, 0.15) is 158 Å². The van der Waals surface area contributed by atoms with Crippen LogP contribution in [0.25, 0.3) is 0 Å². The van der Waals surface area contributed by atoms with Gasteiger partial charge in [-0.1, -0.05) is 136 Å². The Kier molecular flexibility index (Phi) is 31.0. The third-order valence-electron chi connectivity index (χ3n) is 26.9. The van der Waals surface area contributed by atoms with Gasteiger partial charge in [-0.15, -0.1) is 0 Å². The minimum atomic E-state index is -1.95. The second-order valence-electron chi connectivity index (χ2n) is 37.1. The predicted octanol–water partition coefficient (Wildman–Crippen LogP) is 19.1. The summed E-state index contributed by atoms with van der Waals surface area (Å²) in [6.45, 7) is 26.4. The van der Waals surface area contributed by atoms with E-state index in [-0.39, 0.29) is 42.8 Å². The Hall–Kier alpha value is -11.3. The molecule has 130 heavy (non-hydrogen) atoms. The monoisotopic (exact) mass is 1770 g/mol. The normalized spacial score (nSPS) is 19.0. The average Bonchev–Trinajstić information content (AvgIpc) is 0.777. The summed E-state index contributed by atoms with van der Waals surface area (Å²) in [6, 6.07) is 74.5. The number of halogens is 4. The van der Waals surface area contributed by atoms with Gasteiger partial charge in [0.25, 0.3) is 11.8 Å². The number of para-hydroxylation sites is 2. The molecule has 688 valence electrons. The molecule has 0 spiro atoms. The molecule has 18 nitrogen and oxygen atoms in total. The minimum Gasteiger partial charge on any atom is -0.508 e. The summed E-state index contributed by atoms with van der Waals surface area (Å²) in [6.07, 6.45) is 7.13. The van der Waals surface area contributed by atoms with E-state index in [1.165, 1.54) is 85.3 Å². The molecule has 4 N–H and O–H groups in total. The van der Waals surface area contributed by atoms with Crippen molar-refractivity contribution in [3.8, 4) is 46.0 Å². The van der Waals surface area contributed by atoms with E-state index in [1.54, 1.807) is 46.2 Å². The van der Waals surface area contributed by atoms with Crippen molar-refractivity contribution in [3.05, 3.63) is 297 Å². The van der Waals surface area contributed by atoms with Gasteiger partial charge in [-0.05, 0) is 272 Å². The number of alkyl halides is 4. The van der Waals surface area contributed by atoms with Crippen molar-refractivity contribution in [3.63, 3.8) is 0 Å². The summed E-state index contributed by atoms with van der Waals surface area (Å²) < 4.78 is 77.8. The number of amides is 2. The predicted molar refractivity (Wildman–Crippen MR) is 505 cm³/mol. The van der Waals surface area contributed by atoms with Crippen molar-refractivity contribution < 1.29 is 66.5 Å². The molecule has 0 bridgehead atoms. The molecule has 10 aromatic carbocycles. The zero-order valence-corrected chi connectivity index (χ0v) is 76.1. The molecule has 4 fully saturated rings. The lowest BCUT2D eigenvalue weighted by atomic mass is 9.87. The van der Waals surface area contributed by atoms with Crippen molar-refractivity contribution >= 4 is 23.2 Å². The smallest absolute Gasteiger partial charge is 0.260 e. The van der Waals surface area contributed by atoms with Gasteiger partial charge in [0, 0.05) is 122 Å². The Labute approximate surface area is 764 Å². The van der Waals surface area contributed by atoms with Crippen molar-refractivity contribution in [1.29, 1.82) is 0 Å². The molecular weight excluding hydrogens is 1650 g/mol. The Morgan fingerprint density at radius 2 is 0.631 bits per heavy atom. The van der Waals surface area contributed by atoms with Crippen LogP contribution < -0.4 is 28.7 Å². The first-order chi connectivity index (χ1) is 62.9. The molecular formula is C108H128F4N8O10. The standard InChI is InChI=1S/C29H33FN2O2.C27H29FN2O2.2C26H33FN2O3/c30-15-4-5-22-20-31(21-22)17-18-34-27-11-8-23(9-12-27)29-28-13-10-26(33)19-24(28)14-16-32(29)25-6-2-1-3-7-25;28-17-20-18-29(19-20)14-15-32-25-9-6-21(7-10-25)27-26-11-8-24(31)16-22(26)12-13-30(27)23-4-2-1-3-5-23;2*1-4-18-16-28(17-18)13-14-32-22-8-5-19(6-9-22)24-23-10-7-21(30)15-20(23)11-12-29(24)25(31)26(2,3)27/h1-3,6-13,19,22,29,33H,4-5,14-18,20-21H2;1-11,16,20,27,31H,12-15,17-19H2;2*5-10,15,18,24,30H,4,11-14,16-17H2,1-3H3/t;;2*24-/m..10/s1.